The summed E-state index contributed by atoms with van der Waals surface area (Å²) in [6, 6.07) is 6.52. The second-order valence-corrected chi connectivity index (χ2v) is 5.09. The van der Waals surface area contributed by atoms with Crippen molar-refractivity contribution in [2.45, 2.75) is 13.3 Å². The predicted octanol–water partition coefficient (Wildman–Crippen LogP) is -0.0417. The quantitative estimate of drug-likeness (QED) is 0.405. The molecule has 3 N–H and O–H groups in total. The van der Waals surface area contributed by atoms with Gasteiger partial charge in [-0.1, -0.05) is 12.1 Å². The van der Waals surface area contributed by atoms with Crippen LogP contribution in [-0.4, -0.2) is 34.1 Å². The maximum Gasteiger partial charge on any atom is 0.315 e. The Bertz CT molecular complexity index is 903. The topological polar surface area (TPSA) is 127 Å². The number of hydrogen-bond donors (Lipinski definition) is 3. The zero-order valence-electron chi connectivity index (χ0n) is 13.7. The molecule has 2 aromatic rings. The number of pyridine rings is 1. The highest BCUT2D eigenvalue weighted by molar-refractivity contribution is 6.03. The molecule has 0 aliphatic heterocycles. The van der Waals surface area contributed by atoms with E-state index in [9.17, 15) is 24.3 Å². The number of carbonyl (C=O) groups excluding carboxylic acids is 3. The zero-order valence-corrected chi connectivity index (χ0v) is 13.7. The fourth-order valence-corrected chi connectivity index (χ4v) is 2.26. The SMILES string of the molecule is CCOC(=O)CC(=O)NNC(=O)c1c(O)c2ccccc2n(C)c1=O. The lowest BCUT2D eigenvalue weighted by Crippen LogP contribution is -2.44. The molecule has 2 amide bonds. The summed E-state index contributed by atoms with van der Waals surface area (Å²) < 4.78 is 5.81. The second-order valence-electron chi connectivity index (χ2n) is 5.09. The van der Waals surface area contributed by atoms with Gasteiger partial charge in [-0.3, -0.25) is 30.0 Å². The molecule has 1 aromatic heterocycles. The molecule has 0 spiro atoms. The minimum atomic E-state index is -0.999. The van der Waals surface area contributed by atoms with Crippen LogP contribution in [0.1, 0.15) is 23.7 Å². The van der Waals surface area contributed by atoms with Crippen molar-refractivity contribution < 1.29 is 24.2 Å². The number of nitrogens with zero attached hydrogens (tertiary/aromatic N) is 1. The number of nitrogens with one attached hydrogen (secondary N) is 2. The van der Waals surface area contributed by atoms with Crippen LogP contribution < -0.4 is 16.4 Å². The Kier molecular flexibility index (Phi) is 5.38. The molecule has 0 saturated heterocycles. The smallest absolute Gasteiger partial charge is 0.315 e. The standard InChI is InChI=1S/C16H17N3O6/c1-3-25-12(21)8-11(20)17-18-15(23)13-14(22)9-6-4-5-7-10(9)19(2)16(13)24/h4-7,22H,3,8H2,1-2H3,(H,17,20)(H,18,23). The molecule has 0 radical (unpaired) electrons. The Morgan fingerprint density at radius 2 is 1.88 bits per heavy atom. The number of aromatic hydroxyl groups is 1. The van der Waals surface area contributed by atoms with E-state index in [4.69, 9.17) is 0 Å². The minimum Gasteiger partial charge on any atom is -0.506 e. The number of carbonyl (C=O) groups is 3. The molecule has 0 fully saturated rings. The highest BCUT2D eigenvalue weighted by Crippen LogP contribution is 2.25. The zero-order chi connectivity index (χ0) is 18.6. The molecule has 25 heavy (non-hydrogen) atoms. The Morgan fingerprint density at radius 3 is 2.56 bits per heavy atom. The molecule has 0 bridgehead atoms. The van der Waals surface area contributed by atoms with E-state index in [0.29, 0.717) is 10.9 Å². The Labute approximate surface area is 142 Å². The van der Waals surface area contributed by atoms with Crippen LogP contribution in [0, 0.1) is 0 Å². The third kappa shape index (κ3) is 3.77. The van der Waals surface area contributed by atoms with Gasteiger partial charge in [-0.15, -0.1) is 0 Å². The molecule has 132 valence electrons. The van der Waals surface area contributed by atoms with Crippen LogP contribution in [0.5, 0.6) is 5.75 Å². The van der Waals surface area contributed by atoms with E-state index < -0.39 is 41.1 Å². The molecule has 1 heterocycles. The summed E-state index contributed by atoms with van der Waals surface area (Å²) in [7, 11) is 1.46. The monoisotopic (exact) mass is 347 g/mol. The van der Waals surface area contributed by atoms with Gasteiger partial charge in [0, 0.05) is 12.4 Å². The Balaban J connectivity index is 2.21. The normalized spacial score (nSPS) is 10.3. The molecular formula is C16H17N3O6. The molecule has 2 rings (SSSR count). The van der Waals surface area contributed by atoms with Gasteiger partial charge in [-0.25, -0.2) is 0 Å². The average molecular weight is 347 g/mol. The van der Waals surface area contributed by atoms with Crippen molar-refractivity contribution >= 4 is 28.7 Å². The van der Waals surface area contributed by atoms with Gasteiger partial charge in [0.05, 0.1) is 12.1 Å². The third-order valence-corrected chi connectivity index (χ3v) is 3.43. The van der Waals surface area contributed by atoms with Gasteiger partial charge in [0.15, 0.2) is 0 Å². The molecule has 9 nitrogen and oxygen atoms in total. The number of para-hydroxylation sites is 1. The summed E-state index contributed by atoms with van der Waals surface area (Å²) in [6.07, 6.45) is -0.587. The first kappa shape index (κ1) is 18.0. The first-order valence-electron chi connectivity index (χ1n) is 7.42. The summed E-state index contributed by atoms with van der Waals surface area (Å²) >= 11 is 0. The van der Waals surface area contributed by atoms with Crippen molar-refractivity contribution in [3.05, 3.63) is 40.2 Å². The van der Waals surface area contributed by atoms with Crippen molar-refractivity contribution in [1.82, 2.24) is 15.4 Å². The van der Waals surface area contributed by atoms with Crippen LogP contribution in [-0.2, 0) is 21.4 Å². The molecule has 0 saturated carbocycles. The Hall–Kier alpha value is -3.36. The summed E-state index contributed by atoms with van der Waals surface area (Å²) in [5.74, 6) is -3.06. The van der Waals surface area contributed by atoms with Crippen LogP contribution in [0.2, 0.25) is 0 Å². The average Bonchev–Trinajstić information content (AvgIpc) is 2.58. The van der Waals surface area contributed by atoms with E-state index in [1.807, 2.05) is 10.9 Å². The highest BCUT2D eigenvalue weighted by Gasteiger charge is 2.21. The third-order valence-electron chi connectivity index (χ3n) is 3.43. The molecule has 0 atom stereocenters. The fraction of sp³-hybridized carbons (Fsp3) is 0.250. The highest BCUT2D eigenvalue weighted by atomic mass is 16.5. The van der Waals surface area contributed by atoms with Gasteiger partial charge < -0.3 is 14.4 Å². The number of amides is 2. The fourth-order valence-electron chi connectivity index (χ4n) is 2.26. The van der Waals surface area contributed by atoms with E-state index in [0.717, 1.165) is 0 Å². The molecule has 9 heteroatoms. The van der Waals surface area contributed by atoms with Gasteiger partial charge in [0.1, 0.15) is 17.7 Å². The van der Waals surface area contributed by atoms with Gasteiger partial charge in [0.25, 0.3) is 11.5 Å². The van der Waals surface area contributed by atoms with E-state index in [2.05, 4.69) is 4.74 Å². The minimum absolute atomic E-state index is 0.124. The number of hydrazine groups is 1. The van der Waals surface area contributed by atoms with Crippen LogP contribution in [0.4, 0.5) is 0 Å². The number of ether oxygens (including phenoxy) is 1. The summed E-state index contributed by atoms with van der Waals surface area (Å²) in [5, 5.41) is 10.6. The molecule has 0 unspecified atom stereocenters. The number of hydrogen-bond acceptors (Lipinski definition) is 6. The van der Waals surface area contributed by atoms with Crippen molar-refractivity contribution in [3.8, 4) is 5.75 Å². The van der Waals surface area contributed by atoms with E-state index in [-0.39, 0.29) is 6.61 Å². The lowest BCUT2D eigenvalue weighted by Gasteiger charge is -2.12. The van der Waals surface area contributed by atoms with E-state index in [1.54, 1.807) is 31.2 Å². The largest absolute Gasteiger partial charge is 0.506 e. The maximum absolute atomic E-state index is 12.3. The number of aryl methyl sites for hydroxylation is 1. The number of fused-ring (bicyclic) bond motifs is 1. The van der Waals surface area contributed by atoms with Crippen LogP contribution >= 0.6 is 0 Å². The molecule has 0 aliphatic carbocycles. The van der Waals surface area contributed by atoms with E-state index in [1.165, 1.54) is 11.6 Å². The maximum atomic E-state index is 12.3. The number of esters is 1. The second kappa shape index (κ2) is 7.47. The van der Waals surface area contributed by atoms with Crippen molar-refractivity contribution in [2.24, 2.45) is 7.05 Å². The van der Waals surface area contributed by atoms with Crippen molar-refractivity contribution in [2.75, 3.05) is 6.61 Å². The summed E-state index contributed by atoms with van der Waals surface area (Å²) in [6.45, 7) is 1.72. The van der Waals surface area contributed by atoms with Gasteiger partial charge >= 0.3 is 5.97 Å². The van der Waals surface area contributed by atoms with Crippen LogP contribution in [0.15, 0.2) is 29.1 Å². The van der Waals surface area contributed by atoms with Crippen LogP contribution in [0.25, 0.3) is 10.9 Å². The first-order chi connectivity index (χ1) is 11.9. The van der Waals surface area contributed by atoms with Crippen molar-refractivity contribution in [1.29, 1.82) is 0 Å². The van der Waals surface area contributed by atoms with Gasteiger partial charge in [0.2, 0.25) is 5.91 Å². The number of rotatable bonds is 4. The molecule has 0 aliphatic rings. The Morgan fingerprint density at radius 1 is 1.20 bits per heavy atom. The number of benzene rings is 1. The number of aromatic nitrogens is 1. The van der Waals surface area contributed by atoms with Gasteiger partial charge in [-0.2, -0.15) is 0 Å². The van der Waals surface area contributed by atoms with Gasteiger partial charge in [-0.05, 0) is 19.1 Å². The van der Waals surface area contributed by atoms with Crippen LogP contribution in [0.3, 0.4) is 0 Å². The van der Waals surface area contributed by atoms with Crippen molar-refractivity contribution in [3.63, 3.8) is 0 Å². The lowest BCUT2D eigenvalue weighted by molar-refractivity contribution is -0.146. The lowest BCUT2D eigenvalue weighted by atomic mass is 10.1. The molecular weight excluding hydrogens is 330 g/mol. The summed E-state index contributed by atoms with van der Waals surface area (Å²) in [4.78, 5) is 47.2. The van der Waals surface area contributed by atoms with E-state index >= 15 is 0 Å². The summed E-state index contributed by atoms with van der Waals surface area (Å²) in [5.41, 5.74) is 3.20. The molecule has 1 aromatic carbocycles. The predicted molar refractivity (Wildman–Crippen MR) is 87.7 cm³/mol. The first-order valence-corrected chi connectivity index (χ1v) is 7.42.